The minimum atomic E-state index is -0.524. The molecule has 0 saturated heterocycles. The van der Waals surface area contributed by atoms with Crippen molar-refractivity contribution in [1.82, 2.24) is 5.32 Å². The fourth-order valence-corrected chi connectivity index (χ4v) is 4.29. The van der Waals surface area contributed by atoms with Crippen molar-refractivity contribution in [1.29, 1.82) is 0 Å². The number of rotatable bonds is 4. The van der Waals surface area contributed by atoms with Crippen molar-refractivity contribution >= 4 is 56.3 Å². The monoisotopic (exact) mass is 397 g/mol. The summed E-state index contributed by atoms with van der Waals surface area (Å²) in [5.41, 5.74) is 7.61. The number of amides is 2. The highest BCUT2D eigenvalue weighted by Crippen LogP contribution is 2.31. The molecule has 0 aliphatic rings. The van der Waals surface area contributed by atoms with Crippen LogP contribution < -0.4 is 16.4 Å². The molecule has 138 valence electrons. The Morgan fingerprint density at radius 1 is 1.11 bits per heavy atom. The molecular weight excluding hydrogens is 378 g/mol. The molecule has 5 nitrogen and oxygen atoms in total. The Kier molecular flexibility index (Phi) is 5.53. The van der Waals surface area contributed by atoms with Gasteiger partial charge in [-0.2, -0.15) is 0 Å². The van der Waals surface area contributed by atoms with Gasteiger partial charge in [0.05, 0.1) is 12.0 Å². The van der Waals surface area contributed by atoms with E-state index in [0.29, 0.717) is 10.6 Å². The Morgan fingerprint density at radius 2 is 1.81 bits per heavy atom. The molecule has 3 aromatic rings. The molecule has 0 unspecified atom stereocenters. The summed E-state index contributed by atoms with van der Waals surface area (Å²) in [5.74, 6) is -0.751. The van der Waals surface area contributed by atoms with Crippen LogP contribution in [-0.4, -0.2) is 16.9 Å². The highest BCUT2D eigenvalue weighted by molar-refractivity contribution is 7.80. The number of nitrogens with two attached hydrogens (primary N) is 1. The van der Waals surface area contributed by atoms with Crippen LogP contribution in [0.3, 0.4) is 0 Å². The minimum absolute atomic E-state index is 0.143. The highest BCUT2D eigenvalue weighted by Gasteiger charge is 2.18. The third-order valence-corrected chi connectivity index (χ3v) is 5.67. The number of nitrogens with one attached hydrogen (secondary N) is 2. The van der Waals surface area contributed by atoms with E-state index in [1.54, 1.807) is 0 Å². The number of thiocarbonyl (C=S) groups is 1. The number of benzene rings is 2. The van der Waals surface area contributed by atoms with E-state index in [1.807, 2.05) is 56.3 Å². The molecule has 2 amide bonds. The zero-order valence-electron chi connectivity index (χ0n) is 15.0. The van der Waals surface area contributed by atoms with Gasteiger partial charge >= 0.3 is 0 Å². The Hall–Kier alpha value is -2.77. The smallest absolute Gasteiger partial charge is 0.251 e. The number of primary amides is 1. The lowest BCUT2D eigenvalue weighted by atomic mass is 10.0. The van der Waals surface area contributed by atoms with Crippen molar-refractivity contribution in [3.8, 4) is 0 Å². The molecule has 3 rings (SSSR count). The topological polar surface area (TPSA) is 84.2 Å². The average molecular weight is 398 g/mol. The number of hydrogen-bond acceptors (Lipinski definition) is 4. The minimum Gasteiger partial charge on any atom is -0.365 e. The second-order valence-electron chi connectivity index (χ2n) is 6.17. The van der Waals surface area contributed by atoms with Crippen molar-refractivity contribution < 1.29 is 9.59 Å². The fourth-order valence-electron chi connectivity index (χ4n) is 2.94. The van der Waals surface area contributed by atoms with Crippen molar-refractivity contribution in [3.05, 3.63) is 64.0 Å². The molecule has 27 heavy (non-hydrogen) atoms. The summed E-state index contributed by atoms with van der Waals surface area (Å²) < 4.78 is 0. The summed E-state index contributed by atoms with van der Waals surface area (Å²) in [7, 11) is 0. The van der Waals surface area contributed by atoms with E-state index in [1.165, 1.54) is 11.3 Å². The van der Waals surface area contributed by atoms with Crippen LogP contribution in [0, 0.1) is 13.8 Å². The maximum Gasteiger partial charge on any atom is 0.251 e. The van der Waals surface area contributed by atoms with E-state index < -0.39 is 5.91 Å². The number of fused-ring (bicyclic) bond motifs is 1. The molecular formula is C20H19N3O2S2. The lowest BCUT2D eigenvalue weighted by molar-refractivity contribution is -0.119. The van der Waals surface area contributed by atoms with E-state index in [0.717, 1.165) is 26.8 Å². The normalized spacial score (nSPS) is 10.6. The molecule has 1 aromatic heterocycles. The van der Waals surface area contributed by atoms with Gasteiger partial charge in [0, 0.05) is 4.88 Å². The average Bonchev–Trinajstić information content (AvgIpc) is 2.88. The fraction of sp³-hybridized carbons (Fsp3) is 0.150. The van der Waals surface area contributed by atoms with E-state index in [9.17, 15) is 9.59 Å². The first-order chi connectivity index (χ1) is 12.9. The summed E-state index contributed by atoms with van der Waals surface area (Å²) in [6, 6.07) is 13.8. The van der Waals surface area contributed by atoms with Crippen LogP contribution in [0.4, 0.5) is 5.00 Å². The SMILES string of the molecule is Cc1sc(NC(=S)NC(=O)Cc2cccc3ccccc23)c(C(N)=O)c1C. The molecule has 0 atom stereocenters. The molecule has 0 fully saturated rings. The highest BCUT2D eigenvalue weighted by atomic mass is 32.1. The Morgan fingerprint density at radius 3 is 2.56 bits per heavy atom. The van der Waals surface area contributed by atoms with E-state index in [4.69, 9.17) is 18.0 Å². The molecule has 0 radical (unpaired) electrons. The standard InChI is InChI=1S/C20H19N3O2S2/c1-11-12(2)27-19(17(11)18(21)25)23-20(26)22-16(24)10-14-8-5-7-13-6-3-4-9-15(13)14/h3-9H,10H2,1-2H3,(H2,21,25)(H2,22,23,24,26). The van der Waals surface area contributed by atoms with Gasteiger partial charge in [-0.05, 0) is 48.0 Å². The second kappa shape index (κ2) is 7.85. The van der Waals surface area contributed by atoms with E-state index >= 15 is 0 Å². The van der Waals surface area contributed by atoms with Gasteiger partial charge in [0.25, 0.3) is 5.91 Å². The summed E-state index contributed by atoms with van der Waals surface area (Å²) in [4.78, 5) is 25.1. The van der Waals surface area contributed by atoms with Crippen LogP contribution in [0.25, 0.3) is 10.8 Å². The van der Waals surface area contributed by atoms with E-state index in [2.05, 4.69) is 10.6 Å². The lowest BCUT2D eigenvalue weighted by Gasteiger charge is -2.10. The molecule has 0 aliphatic carbocycles. The number of thiophene rings is 1. The number of carbonyl (C=O) groups excluding carboxylic acids is 2. The summed E-state index contributed by atoms with van der Waals surface area (Å²) >= 11 is 6.61. The van der Waals surface area contributed by atoms with Gasteiger partial charge in [0.2, 0.25) is 5.91 Å². The van der Waals surface area contributed by atoms with Crippen LogP contribution in [0.2, 0.25) is 0 Å². The molecule has 4 N–H and O–H groups in total. The van der Waals surface area contributed by atoms with Gasteiger partial charge < -0.3 is 16.4 Å². The molecule has 2 aromatic carbocycles. The molecule has 0 saturated carbocycles. The first-order valence-corrected chi connectivity index (χ1v) is 9.56. The largest absolute Gasteiger partial charge is 0.365 e. The van der Waals surface area contributed by atoms with Gasteiger partial charge in [-0.3, -0.25) is 9.59 Å². The number of carbonyl (C=O) groups is 2. The van der Waals surface area contributed by atoms with Gasteiger partial charge in [0.1, 0.15) is 5.00 Å². The molecule has 0 aliphatic heterocycles. The third kappa shape index (κ3) is 4.15. The predicted molar refractivity (Wildman–Crippen MR) is 114 cm³/mol. The van der Waals surface area contributed by atoms with Crippen LogP contribution in [0.1, 0.15) is 26.4 Å². The van der Waals surface area contributed by atoms with Gasteiger partial charge in [-0.15, -0.1) is 11.3 Å². The van der Waals surface area contributed by atoms with E-state index in [-0.39, 0.29) is 17.4 Å². The zero-order valence-corrected chi connectivity index (χ0v) is 16.6. The van der Waals surface area contributed by atoms with Crippen molar-refractivity contribution in [3.63, 3.8) is 0 Å². The Bertz CT molecular complexity index is 1050. The van der Waals surface area contributed by atoms with Crippen LogP contribution >= 0.6 is 23.6 Å². The van der Waals surface area contributed by atoms with Crippen molar-refractivity contribution in [2.45, 2.75) is 20.3 Å². The second-order valence-corrected chi connectivity index (χ2v) is 7.80. The first-order valence-electron chi connectivity index (χ1n) is 8.34. The Labute approximate surface area is 166 Å². The molecule has 0 bridgehead atoms. The summed E-state index contributed by atoms with van der Waals surface area (Å²) in [6.45, 7) is 3.74. The number of aryl methyl sites for hydroxylation is 1. The van der Waals surface area contributed by atoms with Crippen LogP contribution in [0.5, 0.6) is 0 Å². The molecule has 0 spiro atoms. The number of anilines is 1. The zero-order chi connectivity index (χ0) is 19.6. The summed E-state index contributed by atoms with van der Waals surface area (Å²) in [5, 5.41) is 8.41. The van der Waals surface area contributed by atoms with Crippen LogP contribution in [-0.2, 0) is 11.2 Å². The molecule has 7 heteroatoms. The first kappa shape index (κ1) is 19.0. The van der Waals surface area contributed by atoms with Crippen molar-refractivity contribution in [2.24, 2.45) is 5.73 Å². The lowest BCUT2D eigenvalue weighted by Crippen LogP contribution is -2.35. The molecule has 1 heterocycles. The predicted octanol–water partition coefficient (Wildman–Crippen LogP) is 3.67. The van der Waals surface area contributed by atoms with Gasteiger partial charge in [-0.1, -0.05) is 42.5 Å². The van der Waals surface area contributed by atoms with Gasteiger partial charge in [0.15, 0.2) is 5.11 Å². The van der Waals surface area contributed by atoms with Crippen molar-refractivity contribution in [2.75, 3.05) is 5.32 Å². The number of hydrogen-bond donors (Lipinski definition) is 3. The summed E-state index contributed by atoms with van der Waals surface area (Å²) in [6.07, 6.45) is 0.203. The third-order valence-electron chi connectivity index (χ3n) is 4.34. The maximum atomic E-state index is 12.4. The maximum absolute atomic E-state index is 12.4. The Balaban J connectivity index is 1.71. The van der Waals surface area contributed by atoms with Crippen LogP contribution in [0.15, 0.2) is 42.5 Å². The van der Waals surface area contributed by atoms with Gasteiger partial charge in [-0.25, -0.2) is 0 Å². The quantitative estimate of drug-likeness (QED) is 0.587.